The fourth-order valence-electron chi connectivity index (χ4n) is 1.49. The molecule has 0 unspecified atom stereocenters. The van der Waals surface area contributed by atoms with Gasteiger partial charge in [0.15, 0.2) is 18.2 Å². The molecule has 2 aromatic rings. The van der Waals surface area contributed by atoms with Gasteiger partial charge >= 0.3 is 5.97 Å². The lowest BCUT2D eigenvalue weighted by atomic mass is 10.2. The average Bonchev–Trinajstić information content (AvgIpc) is 2.81. The second-order valence-electron chi connectivity index (χ2n) is 3.81. The largest absolute Gasteiger partial charge is 0.482 e. The normalized spacial score (nSPS) is 10.9. The zero-order chi connectivity index (χ0) is 14.5. The maximum atomic E-state index is 13.7. The second kappa shape index (κ2) is 5.91. The van der Waals surface area contributed by atoms with Crippen LogP contribution in [-0.4, -0.2) is 31.3 Å². The van der Waals surface area contributed by atoms with E-state index in [1.54, 1.807) is 13.1 Å². The van der Waals surface area contributed by atoms with Gasteiger partial charge in [-0.1, -0.05) is 12.1 Å². The predicted octanol–water partition coefficient (Wildman–Crippen LogP) is 1.03. The third kappa shape index (κ3) is 3.37. The van der Waals surface area contributed by atoms with Gasteiger partial charge in [-0.25, -0.2) is 9.18 Å². The third-order valence-electron chi connectivity index (χ3n) is 2.30. The minimum Gasteiger partial charge on any atom is -0.482 e. The van der Waals surface area contributed by atoms with Crippen LogP contribution in [0.1, 0.15) is 11.4 Å². The zero-order valence-electron chi connectivity index (χ0n) is 10.5. The minimum atomic E-state index is -1.13. The Labute approximate surface area is 113 Å². The summed E-state index contributed by atoms with van der Waals surface area (Å²) >= 11 is 0. The summed E-state index contributed by atoms with van der Waals surface area (Å²) in [6, 6.07) is 4.23. The molecule has 104 valence electrons. The van der Waals surface area contributed by atoms with Gasteiger partial charge < -0.3 is 9.84 Å². The molecule has 2 rings (SSSR count). The maximum absolute atomic E-state index is 13.7. The lowest BCUT2D eigenvalue weighted by molar-refractivity contribution is -0.131. The van der Waals surface area contributed by atoms with Crippen molar-refractivity contribution in [1.29, 1.82) is 0 Å². The molecule has 0 atom stereocenters. The van der Waals surface area contributed by atoms with Crippen LogP contribution in [0.15, 0.2) is 24.3 Å². The zero-order valence-corrected chi connectivity index (χ0v) is 10.5. The molecule has 8 heteroatoms. The van der Waals surface area contributed by atoms with Gasteiger partial charge in [-0.3, -0.25) is 0 Å². The molecule has 0 spiro atoms. The highest BCUT2D eigenvalue weighted by atomic mass is 19.1. The smallest absolute Gasteiger partial charge is 0.328 e. The topological polar surface area (TPSA) is 90.1 Å². The number of carboxylic acid groups (broad SMARTS) is 1. The van der Waals surface area contributed by atoms with E-state index in [0.717, 1.165) is 6.08 Å². The molecule has 0 amide bonds. The molecule has 20 heavy (non-hydrogen) atoms. The van der Waals surface area contributed by atoms with Crippen molar-refractivity contribution in [3.63, 3.8) is 0 Å². The van der Waals surface area contributed by atoms with Crippen LogP contribution in [0.25, 0.3) is 6.08 Å². The molecule has 1 heterocycles. The Bertz CT molecular complexity index is 654. The van der Waals surface area contributed by atoms with Crippen molar-refractivity contribution < 1.29 is 19.0 Å². The number of rotatable bonds is 5. The SMILES string of the molecule is Cn1nnc(COc2c(F)cccc2/C=C/C(=O)O)n1. The first-order chi connectivity index (χ1) is 9.56. The lowest BCUT2D eigenvalue weighted by Crippen LogP contribution is -2.02. The Kier molecular flexibility index (Phi) is 4.04. The number of carbonyl (C=O) groups is 1. The van der Waals surface area contributed by atoms with Gasteiger partial charge in [0.05, 0.1) is 7.05 Å². The first-order valence-corrected chi connectivity index (χ1v) is 5.61. The van der Waals surface area contributed by atoms with Crippen molar-refractivity contribution in [3.8, 4) is 5.75 Å². The van der Waals surface area contributed by atoms with Crippen LogP contribution in [0.3, 0.4) is 0 Å². The highest BCUT2D eigenvalue weighted by Gasteiger charge is 2.10. The van der Waals surface area contributed by atoms with Crippen molar-refractivity contribution in [2.24, 2.45) is 7.05 Å². The quantitative estimate of drug-likeness (QED) is 0.821. The number of aromatic nitrogens is 4. The molecule has 0 aliphatic carbocycles. The molecule has 7 nitrogen and oxygen atoms in total. The first kappa shape index (κ1) is 13.7. The van der Waals surface area contributed by atoms with Crippen molar-refractivity contribution >= 4 is 12.0 Å². The van der Waals surface area contributed by atoms with E-state index in [2.05, 4.69) is 15.4 Å². The molecule has 0 saturated heterocycles. The molecule has 0 aliphatic heterocycles. The lowest BCUT2D eigenvalue weighted by Gasteiger charge is -2.08. The standard InChI is InChI=1S/C12H11FN4O3/c1-17-15-10(14-16-17)7-20-12-8(5-6-11(18)19)3-2-4-9(12)13/h2-6H,7H2,1H3,(H,18,19)/b6-5+. The van der Waals surface area contributed by atoms with Crippen LogP contribution >= 0.6 is 0 Å². The van der Waals surface area contributed by atoms with Gasteiger partial charge in [0.1, 0.15) is 0 Å². The van der Waals surface area contributed by atoms with Crippen molar-refractivity contribution in [1.82, 2.24) is 20.2 Å². The summed E-state index contributed by atoms with van der Waals surface area (Å²) in [5.74, 6) is -1.49. The number of hydrogen-bond donors (Lipinski definition) is 1. The number of aryl methyl sites for hydroxylation is 1. The first-order valence-electron chi connectivity index (χ1n) is 5.61. The Morgan fingerprint density at radius 1 is 1.55 bits per heavy atom. The van der Waals surface area contributed by atoms with Crippen molar-refractivity contribution in [2.45, 2.75) is 6.61 Å². The van der Waals surface area contributed by atoms with Crippen LogP contribution < -0.4 is 4.74 Å². The van der Waals surface area contributed by atoms with E-state index < -0.39 is 11.8 Å². The van der Waals surface area contributed by atoms with E-state index in [-0.39, 0.29) is 12.4 Å². The fourth-order valence-corrected chi connectivity index (χ4v) is 1.49. The number of nitrogens with zero attached hydrogens (tertiary/aromatic N) is 4. The summed E-state index contributed by atoms with van der Waals surface area (Å²) < 4.78 is 19.0. The van der Waals surface area contributed by atoms with Gasteiger partial charge in [-0.15, -0.1) is 10.2 Å². The van der Waals surface area contributed by atoms with E-state index >= 15 is 0 Å². The number of carboxylic acids is 1. The maximum Gasteiger partial charge on any atom is 0.328 e. The summed E-state index contributed by atoms with van der Waals surface area (Å²) in [6.07, 6.45) is 2.16. The van der Waals surface area contributed by atoms with Gasteiger partial charge in [0, 0.05) is 11.6 Å². The molecule has 0 bridgehead atoms. The summed E-state index contributed by atoms with van der Waals surface area (Å²) in [6.45, 7) is -0.0668. The number of halogens is 1. The van der Waals surface area contributed by atoms with Crippen molar-refractivity contribution in [3.05, 3.63) is 41.5 Å². The monoisotopic (exact) mass is 278 g/mol. The van der Waals surface area contributed by atoms with E-state index in [4.69, 9.17) is 9.84 Å². The number of benzene rings is 1. The number of ether oxygens (including phenoxy) is 1. The minimum absolute atomic E-state index is 0.0579. The van der Waals surface area contributed by atoms with Crippen molar-refractivity contribution in [2.75, 3.05) is 0 Å². The summed E-state index contributed by atoms with van der Waals surface area (Å²) in [5, 5.41) is 19.8. The molecule has 1 aromatic carbocycles. The molecule has 0 saturated carbocycles. The Balaban J connectivity index is 2.19. The molecular weight excluding hydrogens is 267 g/mol. The van der Waals surface area contributed by atoms with E-state index in [1.165, 1.54) is 23.0 Å². The molecule has 1 aromatic heterocycles. The van der Waals surface area contributed by atoms with Crippen LogP contribution in [0.5, 0.6) is 5.75 Å². The van der Waals surface area contributed by atoms with Crippen LogP contribution in [0.2, 0.25) is 0 Å². The molecule has 1 N–H and O–H groups in total. The third-order valence-corrected chi connectivity index (χ3v) is 2.30. The second-order valence-corrected chi connectivity index (χ2v) is 3.81. The Hall–Kier alpha value is -2.77. The highest BCUT2D eigenvalue weighted by Crippen LogP contribution is 2.24. The van der Waals surface area contributed by atoms with Crippen LogP contribution in [-0.2, 0) is 18.4 Å². The molecular formula is C12H11FN4O3. The molecule has 0 fully saturated rings. The van der Waals surface area contributed by atoms with Gasteiger partial charge in [0.2, 0.25) is 5.82 Å². The van der Waals surface area contributed by atoms with E-state index in [1.807, 2.05) is 0 Å². The summed E-state index contributed by atoms with van der Waals surface area (Å²) in [5.41, 5.74) is 0.316. The van der Waals surface area contributed by atoms with Gasteiger partial charge in [-0.2, -0.15) is 4.80 Å². The number of hydrogen-bond acceptors (Lipinski definition) is 5. The van der Waals surface area contributed by atoms with Crippen LogP contribution in [0, 0.1) is 5.82 Å². The Morgan fingerprint density at radius 3 is 3.00 bits per heavy atom. The average molecular weight is 278 g/mol. The summed E-state index contributed by atoms with van der Waals surface area (Å²) in [4.78, 5) is 11.8. The van der Waals surface area contributed by atoms with E-state index in [9.17, 15) is 9.18 Å². The summed E-state index contributed by atoms with van der Waals surface area (Å²) in [7, 11) is 1.60. The Morgan fingerprint density at radius 2 is 2.35 bits per heavy atom. The van der Waals surface area contributed by atoms with Gasteiger partial charge in [0.25, 0.3) is 0 Å². The molecule has 0 radical (unpaired) electrons. The highest BCUT2D eigenvalue weighted by molar-refractivity contribution is 5.85. The number of tetrazole rings is 1. The number of aliphatic carboxylic acids is 1. The van der Waals surface area contributed by atoms with Gasteiger partial charge in [-0.05, 0) is 17.4 Å². The van der Waals surface area contributed by atoms with E-state index in [0.29, 0.717) is 11.4 Å². The van der Waals surface area contributed by atoms with Crippen LogP contribution in [0.4, 0.5) is 4.39 Å². The molecule has 0 aliphatic rings. The number of para-hydroxylation sites is 1. The fraction of sp³-hybridized carbons (Fsp3) is 0.167. The predicted molar refractivity (Wildman–Crippen MR) is 66.2 cm³/mol.